The van der Waals surface area contributed by atoms with Crippen LogP contribution >= 0.6 is 0 Å². The van der Waals surface area contributed by atoms with Gasteiger partial charge >= 0.3 is 0 Å². The average Bonchev–Trinajstić information content (AvgIpc) is 2.61. The van der Waals surface area contributed by atoms with E-state index in [9.17, 15) is 9.90 Å². The maximum atomic E-state index is 11.1. The number of hydrogen-bond acceptors (Lipinski definition) is 6. The number of phenols is 1. The number of carbonyl (C=O) groups is 1. The molecule has 1 aromatic heterocycles. The second-order valence-corrected chi connectivity index (χ2v) is 5.95. The molecule has 1 unspecified atom stereocenters. The molecule has 26 heavy (non-hydrogen) atoms. The smallest absolute Gasteiger partial charge is 0.227 e. The van der Waals surface area contributed by atoms with E-state index in [2.05, 4.69) is 20.6 Å². The van der Waals surface area contributed by atoms with Crippen LogP contribution in [-0.4, -0.2) is 28.1 Å². The Bertz CT molecular complexity index is 941. The molecule has 0 aliphatic rings. The maximum absolute atomic E-state index is 11.1. The number of phenolic OH excluding ortho intramolecular Hbond substituents is 1. The summed E-state index contributed by atoms with van der Waals surface area (Å²) in [5, 5.41) is 16.5. The monoisotopic (exact) mass is 352 g/mol. The Kier molecular flexibility index (Phi) is 4.88. The minimum Gasteiger partial charge on any atom is -0.504 e. The van der Waals surface area contributed by atoms with E-state index in [1.54, 1.807) is 18.3 Å². The number of benzene rings is 2. The molecule has 0 bridgehead atoms. The molecule has 3 aromatic rings. The molecular formula is C19H20N4O3. The van der Waals surface area contributed by atoms with Gasteiger partial charge in [0, 0.05) is 30.3 Å². The van der Waals surface area contributed by atoms with Crippen molar-refractivity contribution in [2.24, 2.45) is 0 Å². The lowest BCUT2D eigenvalue weighted by Gasteiger charge is -2.13. The zero-order valence-corrected chi connectivity index (χ0v) is 14.8. The highest BCUT2D eigenvalue weighted by Crippen LogP contribution is 2.30. The van der Waals surface area contributed by atoms with Gasteiger partial charge in [0.15, 0.2) is 11.5 Å². The third-order valence-electron chi connectivity index (χ3n) is 3.97. The molecule has 0 aliphatic carbocycles. The van der Waals surface area contributed by atoms with Gasteiger partial charge in [-0.25, -0.2) is 9.97 Å². The Hall–Kier alpha value is -3.35. The third-order valence-corrected chi connectivity index (χ3v) is 3.97. The molecule has 7 nitrogen and oxygen atoms in total. The fourth-order valence-electron chi connectivity index (χ4n) is 2.64. The van der Waals surface area contributed by atoms with Gasteiger partial charge in [-0.15, -0.1) is 0 Å². The summed E-state index contributed by atoms with van der Waals surface area (Å²) >= 11 is 0. The van der Waals surface area contributed by atoms with E-state index in [4.69, 9.17) is 4.74 Å². The lowest BCUT2D eigenvalue weighted by atomic mass is 10.1. The predicted octanol–water partition coefficient (Wildman–Crippen LogP) is 3.28. The van der Waals surface area contributed by atoms with E-state index in [0.717, 1.165) is 11.3 Å². The van der Waals surface area contributed by atoms with Crippen LogP contribution in [0.4, 0.5) is 11.6 Å². The van der Waals surface area contributed by atoms with Gasteiger partial charge < -0.3 is 20.5 Å². The SMILES string of the molecule is COc1cc2nc(Nc3ccc(C(C)NC(C)=O)cc3)ncc2cc1O. The number of ether oxygens (including phenoxy) is 1. The lowest BCUT2D eigenvalue weighted by molar-refractivity contribution is -0.119. The summed E-state index contributed by atoms with van der Waals surface area (Å²) < 4.78 is 5.11. The summed E-state index contributed by atoms with van der Waals surface area (Å²) in [7, 11) is 1.49. The number of anilines is 2. The van der Waals surface area contributed by atoms with Crippen LogP contribution in [0, 0.1) is 0 Å². The normalized spacial score (nSPS) is 11.8. The molecule has 3 N–H and O–H groups in total. The first-order valence-electron chi connectivity index (χ1n) is 8.14. The van der Waals surface area contributed by atoms with E-state index in [1.165, 1.54) is 14.0 Å². The Morgan fingerprint density at radius 2 is 1.96 bits per heavy atom. The average molecular weight is 352 g/mol. The van der Waals surface area contributed by atoms with Gasteiger partial charge in [0.2, 0.25) is 11.9 Å². The van der Waals surface area contributed by atoms with Gasteiger partial charge in [-0.1, -0.05) is 12.1 Å². The van der Waals surface area contributed by atoms with Crippen LogP contribution in [0.5, 0.6) is 11.5 Å². The molecule has 2 aromatic carbocycles. The molecule has 134 valence electrons. The molecule has 0 saturated heterocycles. The van der Waals surface area contributed by atoms with E-state index >= 15 is 0 Å². The van der Waals surface area contributed by atoms with Crippen LogP contribution in [-0.2, 0) is 4.79 Å². The van der Waals surface area contributed by atoms with E-state index < -0.39 is 0 Å². The fourth-order valence-corrected chi connectivity index (χ4v) is 2.64. The highest BCUT2D eigenvalue weighted by molar-refractivity contribution is 5.83. The molecule has 1 amide bonds. The van der Waals surface area contributed by atoms with E-state index in [0.29, 0.717) is 22.6 Å². The molecule has 0 spiro atoms. The molecule has 0 fully saturated rings. The minimum absolute atomic E-state index is 0.0492. The zero-order chi connectivity index (χ0) is 18.7. The number of methoxy groups -OCH3 is 1. The number of amides is 1. The molecule has 1 heterocycles. The van der Waals surface area contributed by atoms with Crippen molar-refractivity contribution in [3.63, 3.8) is 0 Å². The number of fused-ring (bicyclic) bond motifs is 1. The largest absolute Gasteiger partial charge is 0.504 e. The van der Waals surface area contributed by atoms with Crippen molar-refractivity contribution in [1.82, 2.24) is 15.3 Å². The van der Waals surface area contributed by atoms with Crippen LogP contribution < -0.4 is 15.4 Å². The summed E-state index contributed by atoms with van der Waals surface area (Å²) in [5.74, 6) is 0.783. The second-order valence-electron chi connectivity index (χ2n) is 5.95. The van der Waals surface area contributed by atoms with Crippen molar-refractivity contribution in [2.45, 2.75) is 19.9 Å². The van der Waals surface area contributed by atoms with Gasteiger partial charge in [0.25, 0.3) is 0 Å². The highest BCUT2D eigenvalue weighted by Gasteiger charge is 2.08. The van der Waals surface area contributed by atoms with Gasteiger partial charge in [-0.05, 0) is 30.7 Å². The molecule has 0 aliphatic heterocycles. The summed E-state index contributed by atoms with van der Waals surface area (Å²) in [6.07, 6.45) is 1.64. The van der Waals surface area contributed by atoms with Crippen LogP contribution in [0.2, 0.25) is 0 Å². The van der Waals surface area contributed by atoms with Crippen molar-refractivity contribution in [3.8, 4) is 11.5 Å². The summed E-state index contributed by atoms with van der Waals surface area (Å²) in [6, 6.07) is 10.8. The summed E-state index contributed by atoms with van der Waals surface area (Å²) in [5.41, 5.74) is 2.49. The van der Waals surface area contributed by atoms with Crippen LogP contribution in [0.15, 0.2) is 42.6 Å². The van der Waals surface area contributed by atoms with Crippen LogP contribution in [0.1, 0.15) is 25.5 Å². The van der Waals surface area contributed by atoms with Crippen molar-refractivity contribution in [1.29, 1.82) is 0 Å². The Morgan fingerprint density at radius 3 is 2.62 bits per heavy atom. The molecular weight excluding hydrogens is 332 g/mol. The van der Waals surface area contributed by atoms with Gasteiger partial charge in [-0.2, -0.15) is 0 Å². The number of rotatable bonds is 5. The molecule has 3 rings (SSSR count). The van der Waals surface area contributed by atoms with Gasteiger partial charge in [0.1, 0.15) is 0 Å². The predicted molar refractivity (Wildman–Crippen MR) is 99.7 cm³/mol. The molecule has 1 atom stereocenters. The Morgan fingerprint density at radius 1 is 1.23 bits per heavy atom. The standard InChI is InChI=1S/C19H20N4O3/c1-11(21-12(2)24)13-4-6-15(7-5-13)22-19-20-10-14-8-17(25)18(26-3)9-16(14)23-19/h4-11,25H,1-3H3,(H,21,24)(H,20,22,23). The van der Waals surface area contributed by atoms with E-state index in [-0.39, 0.29) is 17.7 Å². The summed E-state index contributed by atoms with van der Waals surface area (Å²) in [6.45, 7) is 3.43. The first-order valence-corrected chi connectivity index (χ1v) is 8.14. The highest BCUT2D eigenvalue weighted by atomic mass is 16.5. The summed E-state index contributed by atoms with van der Waals surface area (Å²) in [4.78, 5) is 19.9. The number of aromatic nitrogens is 2. The number of carbonyl (C=O) groups excluding carboxylic acids is 1. The quantitative estimate of drug-likeness (QED) is 0.652. The second kappa shape index (κ2) is 7.26. The Balaban J connectivity index is 1.80. The first kappa shape index (κ1) is 17.5. The van der Waals surface area contributed by atoms with Crippen LogP contribution in [0.3, 0.4) is 0 Å². The van der Waals surface area contributed by atoms with Gasteiger partial charge in [-0.3, -0.25) is 4.79 Å². The minimum atomic E-state index is -0.0641. The maximum Gasteiger partial charge on any atom is 0.227 e. The van der Waals surface area contributed by atoms with Crippen molar-refractivity contribution < 1.29 is 14.6 Å². The van der Waals surface area contributed by atoms with Crippen molar-refractivity contribution in [3.05, 3.63) is 48.2 Å². The first-order chi connectivity index (χ1) is 12.5. The van der Waals surface area contributed by atoms with Crippen molar-refractivity contribution >= 4 is 28.4 Å². The van der Waals surface area contributed by atoms with E-state index in [1.807, 2.05) is 31.2 Å². The molecule has 7 heteroatoms. The number of nitrogens with zero attached hydrogens (tertiary/aromatic N) is 2. The fraction of sp³-hybridized carbons (Fsp3) is 0.211. The number of hydrogen-bond donors (Lipinski definition) is 3. The topological polar surface area (TPSA) is 96.4 Å². The third kappa shape index (κ3) is 3.83. The zero-order valence-electron chi connectivity index (χ0n) is 14.8. The molecule has 0 radical (unpaired) electrons. The van der Waals surface area contributed by atoms with Crippen molar-refractivity contribution in [2.75, 3.05) is 12.4 Å². The molecule has 0 saturated carbocycles. The number of aromatic hydroxyl groups is 1. The number of nitrogens with one attached hydrogen (secondary N) is 2. The van der Waals surface area contributed by atoms with Gasteiger partial charge in [0.05, 0.1) is 18.7 Å². The Labute approximate surface area is 151 Å². The van der Waals surface area contributed by atoms with Crippen LogP contribution in [0.25, 0.3) is 10.9 Å². The lowest BCUT2D eigenvalue weighted by Crippen LogP contribution is -2.23.